The summed E-state index contributed by atoms with van der Waals surface area (Å²) in [4.78, 5) is 13.9. The van der Waals surface area contributed by atoms with E-state index in [0.717, 1.165) is 31.5 Å². The van der Waals surface area contributed by atoms with Crippen molar-refractivity contribution in [2.75, 3.05) is 13.1 Å². The maximum atomic E-state index is 12.0. The summed E-state index contributed by atoms with van der Waals surface area (Å²) in [5.74, 6) is 0. The lowest BCUT2D eigenvalue weighted by Gasteiger charge is -2.28. The second kappa shape index (κ2) is 5.71. The van der Waals surface area contributed by atoms with E-state index in [1.54, 1.807) is 0 Å². The van der Waals surface area contributed by atoms with Crippen LogP contribution >= 0.6 is 0 Å². The number of carbonyl (C=O) groups is 1. The number of benzene rings is 1. The third-order valence-electron chi connectivity index (χ3n) is 3.28. The molecule has 0 aliphatic carbocycles. The SMILES string of the molecule is CC(NC(=O)N1CCCCC1)c1ccccc1. The molecule has 0 bridgehead atoms. The Morgan fingerprint density at radius 1 is 1.18 bits per heavy atom. The largest absolute Gasteiger partial charge is 0.331 e. The Kier molecular flexibility index (Phi) is 4.02. The molecule has 92 valence electrons. The first kappa shape index (κ1) is 12.0. The lowest BCUT2D eigenvalue weighted by atomic mass is 10.1. The molecule has 1 atom stereocenters. The monoisotopic (exact) mass is 232 g/mol. The minimum atomic E-state index is 0.0704. The van der Waals surface area contributed by atoms with Crippen molar-refractivity contribution in [1.82, 2.24) is 10.2 Å². The summed E-state index contributed by atoms with van der Waals surface area (Å²) in [7, 11) is 0. The molecule has 3 heteroatoms. The average Bonchev–Trinajstić information content (AvgIpc) is 2.40. The van der Waals surface area contributed by atoms with Gasteiger partial charge >= 0.3 is 6.03 Å². The van der Waals surface area contributed by atoms with Crippen LogP contribution in [0.25, 0.3) is 0 Å². The van der Waals surface area contributed by atoms with E-state index in [4.69, 9.17) is 0 Å². The zero-order valence-electron chi connectivity index (χ0n) is 10.4. The maximum Gasteiger partial charge on any atom is 0.317 e. The summed E-state index contributed by atoms with van der Waals surface area (Å²) in [6.45, 7) is 3.82. The molecule has 2 amide bonds. The molecule has 1 aliphatic heterocycles. The molecule has 0 spiro atoms. The van der Waals surface area contributed by atoms with Crippen molar-refractivity contribution in [3.8, 4) is 0 Å². The lowest BCUT2D eigenvalue weighted by Crippen LogP contribution is -2.43. The quantitative estimate of drug-likeness (QED) is 0.835. The van der Waals surface area contributed by atoms with Gasteiger partial charge < -0.3 is 10.2 Å². The molecule has 0 saturated carbocycles. The van der Waals surface area contributed by atoms with Crippen LogP contribution in [-0.2, 0) is 0 Å². The summed E-state index contributed by atoms with van der Waals surface area (Å²) in [5.41, 5.74) is 1.15. The van der Waals surface area contributed by atoms with Gasteiger partial charge in [0.25, 0.3) is 0 Å². The summed E-state index contributed by atoms with van der Waals surface area (Å²) in [6, 6.07) is 10.2. The van der Waals surface area contributed by atoms with Crippen LogP contribution < -0.4 is 5.32 Å². The molecule has 1 N–H and O–H groups in total. The maximum absolute atomic E-state index is 12.0. The number of likely N-dealkylation sites (tertiary alicyclic amines) is 1. The van der Waals surface area contributed by atoms with Crippen molar-refractivity contribution < 1.29 is 4.79 Å². The summed E-state index contributed by atoms with van der Waals surface area (Å²) in [6.07, 6.45) is 3.51. The number of nitrogens with zero attached hydrogens (tertiary/aromatic N) is 1. The van der Waals surface area contributed by atoms with Gasteiger partial charge in [-0.15, -0.1) is 0 Å². The highest BCUT2D eigenvalue weighted by molar-refractivity contribution is 5.74. The zero-order valence-corrected chi connectivity index (χ0v) is 10.4. The van der Waals surface area contributed by atoms with Gasteiger partial charge in [-0.3, -0.25) is 0 Å². The molecule has 3 nitrogen and oxygen atoms in total. The van der Waals surface area contributed by atoms with Gasteiger partial charge in [-0.2, -0.15) is 0 Å². The van der Waals surface area contributed by atoms with Crippen LogP contribution in [0, 0.1) is 0 Å². The van der Waals surface area contributed by atoms with Crippen LogP contribution in [0.2, 0.25) is 0 Å². The highest BCUT2D eigenvalue weighted by Crippen LogP contribution is 2.13. The minimum Gasteiger partial charge on any atom is -0.331 e. The molecule has 1 aromatic rings. The predicted molar refractivity (Wildman–Crippen MR) is 68.8 cm³/mol. The van der Waals surface area contributed by atoms with Gasteiger partial charge in [0.05, 0.1) is 6.04 Å². The van der Waals surface area contributed by atoms with Gasteiger partial charge in [0.1, 0.15) is 0 Å². The number of urea groups is 1. The molecule has 0 aromatic heterocycles. The Morgan fingerprint density at radius 2 is 1.82 bits per heavy atom. The fourth-order valence-corrected chi connectivity index (χ4v) is 2.20. The normalized spacial score (nSPS) is 17.6. The predicted octanol–water partition coefficient (Wildman–Crippen LogP) is 2.94. The molecule has 17 heavy (non-hydrogen) atoms. The Labute approximate surface area is 103 Å². The van der Waals surface area contributed by atoms with Gasteiger partial charge in [-0.1, -0.05) is 30.3 Å². The molecule has 0 radical (unpaired) electrons. The topological polar surface area (TPSA) is 32.3 Å². The molecule has 1 heterocycles. The molecular weight excluding hydrogens is 212 g/mol. The third-order valence-corrected chi connectivity index (χ3v) is 3.28. The second-order valence-electron chi connectivity index (χ2n) is 4.63. The average molecular weight is 232 g/mol. The van der Waals surface area contributed by atoms with Gasteiger partial charge in [-0.05, 0) is 31.7 Å². The van der Waals surface area contributed by atoms with Crippen LogP contribution in [0.3, 0.4) is 0 Å². The minimum absolute atomic E-state index is 0.0704. The van der Waals surface area contributed by atoms with E-state index < -0.39 is 0 Å². The van der Waals surface area contributed by atoms with E-state index in [2.05, 4.69) is 5.32 Å². The highest BCUT2D eigenvalue weighted by Gasteiger charge is 2.18. The standard InChI is InChI=1S/C14H20N2O/c1-12(13-8-4-2-5-9-13)15-14(17)16-10-6-3-7-11-16/h2,4-5,8-9,12H,3,6-7,10-11H2,1H3,(H,15,17). The Hall–Kier alpha value is -1.51. The summed E-state index contributed by atoms with van der Waals surface area (Å²) < 4.78 is 0. The van der Waals surface area contributed by atoms with E-state index in [0.29, 0.717) is 0 Å². The van der Waals surface area contributed by atoms with Crippen LogP contribution in [0.1, 0.15) is 37.8 Å². The number of amides is 2. The van der Waals surface area contributed by atoms with Gasteiger partial charge in [0, 0.05) is 13.1 Å². The van der Waals surface area contributed by atoms with Crippen molar-refractivity contribution in [2.45, 2.75) is 32.2 Å². The first-order valence-corrected chi connectivity index (χ1v) is 6.38. The molecule has 1 aliphatic rings. The smallest absolute Gasteiger partial charge is 0.317 e. The van der Waals surface area contributed by atoms with Gasteiger partial charge in [-0.25, -0.2) is 4.79 Å². The summed E-state index contributed by atoms with van der Waals surface area (Å²) >= 11 is 0. The number of rotatable bonds is 2. The molecule has 1 unspecified atom stereocenters. The fourth-order valence-electron chi connectivity index (χ4n) is 2.20. The van der Waals surface area contributed by atoms with E-state index in [9.17, 15) is 4.79 Å². The van der Waals surface area contributed by atoms with Crippen LogP contribution in [-0.4, -0.2) is 24.0 Å². The van der Waals surface area contributed by atoms with Gasteiger partial charge in [0.2, 0.25) is 0 Å². The lowest BCUT2D eigenvalue weighted by molar-refractivity contribution is 0.183. The molecule has 1 saturated heterocycles. The van der Waals surface area contributed by atoms with E-state index in [-0.39, 0.29) is 12.1 Å². The van der Waals surface area contributed by atoms with Crippen molar-refractivity contribution in [3.05, 3.63) is 35.9 Å². The molecule has 2 rings (SSSR count). The molecule has 1 aromatic carbocycles. The van der Waals surface area contributed by atoms with Crippen LogP contribution in [0.4, 0.5) is 4.79 Å². The van der Waals surface area contributed by atoms with E-state index in [1.165, 1.54) is 6.42 Å². The van der Waals surface area contributed by atoms with Crippen LogP contribution in [0.15, 0.2) is 30.3 Å². The molecule has 1 fully saturated rings. The number of carbonyl (C=O) groups excluding carboxylic acids is 1. The van der Waals surface area contributed by atoms with Crippen molar-refractivity contribution in [3.63, 3.8) is 0 Å². The highest BCUT2D eigenvalue weighted by atomic mass is 16.2. The number of nitrogens with one attached hydrogen (secondary N) is 1. The molecular formula is C14H20N2O. The second-order valence-corrected chi connectivity index (χ2v) is 4.63. The number of hydrogen-bond donors (Lipinski definition) is 1. The fraction of sp³-hybridized carbons (Fsp3) is 0.500. The van der Waals surface area contributed by atoms with Crippen molar-refractivity contribution in [2.24, 2.45) is 0 Å². The zero-order chi connectivity index (χ0) is 12.1. The third kappa shape index (κ3) is 3.22. The van der Waals surface area contributed by atoms with Gasteiger partial charge in [0.15, 0.2) is 0 Å². The van der Waals surface area contributed by atoms with Crippen molar-refractivity contribution >= 4 is 6.03 Å². The van der Waals surface area contributed by atoms with E-state index >= 15 is 0 Å². The van der Waals surface area contributed by atoms with Crippen LogP contribution in [0.5, 0.6) is 0 Å². The van der Waals surface area contributed by atoms with E-state index in [1.807, 2.05) is 42.2 Å². The Bertz CT molecular complexity index is 358. The van der Waals surface area contributed by atoms with Crippen molar-refractivity contribution in [1.29, 1.82) is 0 Å². The number of piperidine rings is 1. The first-order valence-electron chi connectivity index (χ1n) is 6.38. The summed E-state index contributed by atoms with van der Waals surface area (Å²) in [5, 5.41) is 3.05. The Morgan fingerprint density at radius 3 is 2.47 bits per heavy atom. The number of hydrogen-bond acceptors (Lipinski definition) is 1. The first-order chi connectivity index (χ1) is 8.27. The Balaban J connectivity index is 1.89.